The molecule has 0 aliphatic heterocycles. The average Bonchev–Trinajstić information content (AvgIpc) is 3.00. The highest BCUT2D eigenvalue weighted by atomic mass is 16.3. The molecule has 1 heterocycles. The number of carbonyl (C=O) groups excluding carboxylic acids is 1. The van der Waals surface area contributed by atoms with E-state index in [0.717, 1.165) is 22.5 Å². The molecule has 5 heteroatoms. The van der Waals surface area contributed by atoms with E-state index in [1.807, 2.05) is 55.1 Å². The van der Waals surface area contributed by atoms with Crippen LogP contribution >= 0.6 is 0 Å². The molecule has 0 radical (unpaired) electrons. The number of phenols is 1. The van der Waals surface area contributed by atoms with Crippen LogP contribution in [-0.2, 0) is 0 Å². The molecule has 122 valence electrons. The van der Waals surface area contributed by atoms with E-state index in [1.165, 1.54) is 0 Å². The highest BCUT2D eigenvalue weighted by Crippen LogP contribution is 2.19. The standard InChI is InChI=1S/C19H19N3O2/c1-13-3-4-14(2)18(11-13)21-19(24)20-15-9-10-22(12-15)16-5-7-17(23)8-6-16/h3-12,23H,1-2H3,(H2,20,21,24). The molecular formula is C19H19N3O2. The third-order valence-electron chi connectivity index (χ3n) is 3.74. The number of aryl methyl sites for hydroxylation is 2. The normalized spacial score (nSPS) is 10.4. The van der Waals surface area contributed by atoms with Gasteiger partial charge in [0.1, 0.15) is 5.75 Å². The summed E-state index contributed by atoms with van der Waals surface area (Å²) in [6.07, 6.45) is 3.66. The first-order valence-corrected chi connectivity index (χ1v) is 7.64. The fraction of sp³-hybridized carbons (Fsp3) is 0.105. The monoisotopic (exact) mass is 321 g/mol. The second-order valence-electron chi connectivity index (χ2n) is 5.72. The lowest BCUT2D eigenvalue weighted by Gasteiger charge is -2.10. The maximum atomic E-state index is 12.2. The minimum Gasteiger partial charge on any atom is -0.508 e. The van der Waals surface area contributed by atoms with Gasteiger partial charge < -0.3 is 20.3 Å². The van der Waals surface area contributed by atoms with E-state index < -0.39 is 0 Å². The molecule has 0 bridgehead atoms. The second kappa shape index (κ2) is 6.50. The number of hydrogen-bond acceptors (Lipinski definition) is 2. The summed E-state index contributed by atoms with van der Waals surface area (Å²) >= 11 is 0. The Labute approximate surface area is 140 Å². The van der Waals surface area contributed by atoms with Gasteiger partial charge in [-0.1, -0.05) is 12.1 Å². The molecule has 3 N–H and O–H groups in total. The minimum absolute atomic E-state index is 0.220. The Balaban J connectivity index is 1.69. The Morgan fingerprint density at radius 2 is 1.75 bits per heavy atom. The van der Waals surface area contributed by atoms with Crippen molar-refractivity contribution in [3.63, 3.8) is 0 Å². The van der Waals surface area contributed by atoms with Crippen LogP contribution in [0.15, 0.2) is 60.9 Å². The molecule has 2 aromatic carbocycles. The first-order valence-electron chi connectivity index (χ1n) is 7.64. The van der Waals surface area contributed by atoms with Gasteiger partial charge in [0.15, 0.2) is 0 Å². The Kier molecular flexibility index (Phi) is 4.24. The van der Waals surface area contributed by atoms with Gasteiger partial charge in [0.25, 0.3) is 0 Å². The van der Waals surface area contributed by atoms with Crippen LogP contribution in [0.3, 0.4) is 0 Å². The fourth-order valence-electron chi connectivity index (χ4n) is 2.41. The number of carbonyl (C=O) groups is 1. The lowest BCUT2D eigenvalue weighted by atomic mass is 10.1. The Bertz CT molecular complexity index is 867. The minimum atomic E-state index is -0.285. The van der Waals surface area contributed by atoms with Gasteiger partial charge in [-0.15, -0.1) is 0 Å². The maximum absolute atomic E-state index is 12.2. The Morgan fingerprint density at radius 3 is 2.50 bits per heavy atom. The van der Waals surface area contributed by atoms with Crippen LogP contribution in [0.1, 0.15) is 11.1 Å². The zero-order valence-corrected chi connectivity index (χ0v) is 13.6. The van der Waals surface area contributed by atoms with Crippen molar-refractivity contribution in [2.45, 2.75) is 13.8 Å². The molecule has 0 saturated heterocycles. The summed E-state index contributed by atoms with van der Waals surface area (Å²) in [4.78, 5) is 12.2. The summed E-state index contributed by atoms with van der Waals surface area (Å²) in [7, 11) is 0. The van der Waals surface area contributed by atoms with Crippen molar-refractivity contribution < 1.29 is 9.90 Å². The highest BCUT2D eigenvalue weighted by Gasteiger charge is 2.07. The largest absolute Gasteiger partial charge is 0.508 e. The number of rotatable bonds is 3. The molecule has 0 saturated carbocycles. The van der Waals surface area contributed by atoms with Gasteiger partial charge >= 0.3 is 6.03 Å². The summed E-state index contributed by atoms with van der Waals surface area (Å²) in [6, 6.07) is 14.3. The number of phenolic OH excluding ortho intramolecular Hbond substituents is 1. The molecule has 0 fully saturated rings. The van der Waals surface area contributed by atoms with E-state index >= 15 is 0 Å². The molecule has 2 amide bonds. The smallest absolute Gasteiger partial charge is 0.323 e. The first-order chi connectivity index (χ1) is 11.5. The maximum Gasteiger partial charge on any atom is 0.323 e. The number of aromatic nitrogens is 1. The van der Waals surface area contributed by atoms with Gasteiger partial charge in [-0.25, -0.2) is 4.79 Å². The summed E-state index contributed by atoms with van der Waals surface area (Å²) in [6.45, 7) is 3.94. The van der Waals surface area contributed by atoms with E-state index in [9.17, 15) is 9.90 Å². The summed E-state index contributed by atoms with van der Waals surface area (Å²) in [5.41, 5.74) is 4.49. The second-order valence-corrected chi connectivity index (χ2v) is 5.72. The number of urea groups is 1. The van der Waals surface area contributed by atoms with Crippen LogP contribution in [-0.4, -0.2) is 15.7 Å². The molecule has 0 aliphatic rings. The van der Waals surface area contributed by atoms with Crippen LogP contribution in [0.25, 0.3) is 5.69 Å². The molecule has 3 rings (SSSR count). The molecule has 1 aromatic heterocycles. The van der Waals surface area contributed by atoms with Crippen molar-refractivity contribution in [3.8, 4) is 11.4 Å². The van der Waals surface area contributed by atoms with E-state index in [1.54, 1.807) is 24.3 Å². The number of nitrogens with zero attached hydrogens (tertiary/aromatic N) is 1. The van der Waals surface area contributed by atoms with Gasteiger partial charge in [-0.3, -0.25) is 0 Å². The lowest BCUT2D eigenvalue weighted by Crippen LogP contribution is -2.19. The van der Waals surface area contributed by atoms with Crippen LogP contribution < -0.4 is 10.6 Å². The molecular weight excluding hydrogens is 302 g/mol. The van der Waals surface area contributed by atoms with E-state index in [0.29, 0.717) is 5.69 Å². The molecule has 3 aromatic rings. The third-order valence-corrected chi connectivity index (χ3v) is 3.74. The number of anilines is 2. The van der Waals surface area contributed by atoms with Crippen LogP contribution in [0.4, 0.5) is 16.2 Å². The average molecular weight is 321 g/mol. The van der Waals surface area contributed by atoms with Gasteiger partial charge in [0.2, 0.25) is 0 Å². The third kappa shape index (κ3) is 3.57. The van der Waals surface area contributed by atoms with E-state index in [4.69, 9.17) is 0 Å². The summed E-state index contributed by atoms with van der Waals surface area (Å²) < 4.78 is 1.87. The number of aromatic hydroxyl groups is 1. The Morgan fingerprint density at radius 1 is 1.00 bits per heavy atom. The van der Waals surface area contributed by atoms with Crippen molar-refractivity contribution >= 4 is 17.4 Å². The van der Waals surface area contributed by atoms with Crippen molar-refractivity contribution in [1.29, 1.82) is 0 Å². The predicted molar refractivity (Wildman–Crippen MR) is 96.0 cm³/mol. The quantitative estimate of drug-likeness (QED) is 0.667. The number of amides is 2. The van der Waals surface area contributed by atoms with Gasteiger partial charge in [0, 0.05) is 23.8 Å². The highest BCUT2D eigenvalue weighted by molar-refractivity contribution is 6.00. The summed E-state index contributed by atoms with van der Waals surface area (Å²) in [5, 5.41) is 15.0. The molecule has 0 spiro atoms. The number of nitrogens with one attached hydrogen (secondary N) is 2. The number of hydrogen-bond donors (Lipinski definition) is 3. The van der Waals surface area contributed by atoms with Gasteiger partial charge in [0.05, 0.1) is 5.69 Å². The lowest BCUT2D eigenvalue weighted by molar-refractivity contribution is 0.262. The van der Waals surface area contributed by atoms with Crippen molar-refractivity contribution in [1.82, 2.24) is 4.57 Å². The van der Waals surface area contributed by atoms with Gasteiger partial charge in [-0.05, 0) is 61.4 Å². The number of benzene rings is 2. The molecule has 24 heavy (non-hydrogen) atoms. The predicted octanol–water partition coefficient (Wildman–Crippen LogP) is 4.44. The Hall–Kier alpha value is -3.21. The van der Waals surface area contributed by atoms with E-state index in [2.05, 4.69) is 10.6 Å². The van der Waals surface area contributed by atoms with Crippen molar-refractivity contribution in [2.75, 3.05) is 10.6 Å². The molecule has 0 aliphatic carbocycles. The van der Waals surface area contributed by atoms with Crippen molar-refractivity contribution in [2.24, 2.45) is 0 Å². The topological polar surface area (TPSA) is 66.3 Å². The van der Waals surface area contributed by atoms with Gasteiger partial charge in [-0.2, -0.15) is 0 Å². The van der Waals surface area contributed by atoms with Crippen LogP contribution in [0, 0.1) is 13.8 Å². The molecule has 5 nitrogen and oxygen atoms in total. The summed E-state index contributed by atoms with van der Waals surface area (Å²) in [5.74, 6) is 0.220. The molecule has 0 atom stereocenters. The zero-order chi connectivity index (χ0) is 17.1. The van der Waals surface area contributed by atoms with Crippen LogP contribution in [0.2, 0.25) is 0 Å². The van der Waals surface area contributed by atoms with Crippen molar-refractivity contribution in [3.05, 3.63) is 72.1 Å². The van der Waals surface area contributed by atoms with Crippen LogP contribution in [0.5, 0.6) is 5.75 Å². The van der Waals surface area contributed by atoms with E-state index in [-0.39, 0.29) is 11.8 Å². The fourth-order valence-corrected chi connectivity index (χ4v) is 2.41. The first kappa shape index (κ1) is 15.7. The molecule has 0 unspecified atom stereocenters. The SMILES string of the molecule is Cc1ccc(C)c(NC(=O)Nc2ccn(-c3ccc(O)cc3)c2)c1. The zero-order valence-electron chi connectivity index (χ0n) is 13.6.